The highest BCUT2D eigenvalue weighted by atomic mass is 19.4. The van der Waals surface area contributed by atoms with Crippen LogP contribution < -0.4 is 0 Å². The molecule has 1 N–H and O–H groups in total. The highest BCUT2D eigenvalue weighted by molar-refractivity contribution is 5.71. The molecular formula is C14H24F3NO2. The van der Waals surface area contributed by atoms with Gasteiger partial charge in [0.2, 0.25) is 0 Å². The highest BCUT2D eigenvalue weighted by Crippen LogP contribution is 2.38. The van der Waals surface area contributed by atoms with E-state index >= 15 is 0 Å². The van der Waals surface area contributed by atoms with Crippen molar-refractivity contribution in [3.8, 4) is 0 Å². The number of hydrogen-bond donors (Lipinski definition) is 1. The van der Waals surface area contributed by atoms with Crippen LogP contribution >= 0.6 is 0 Å². The van der Waals surface area contributed by atoms with Gasteiger partial charge in [-0.25, -0.2) is 0 Å². The molecule has 1 aliphatic heterocycles. The molecule has 0 unspecified atom stereocenters. The topological polar surface area (TPSA) is 40.5 Å². The molecule has 0 spiro atoms. The van der Waals surface area contributed by atoms with Crippen molar-refractivity contribution in [1.29, 1.82) is 0 Å². The van der Waals surface area contributed by atoms with Crippen LogP contribution in [0, 0.1) is 29.6 Å². The first-order valence-electron chi connectivity index (χ1n) is 7.05. The minimum Gasteiger partial charge on any atom is -0.481 e. The molecule has 3 nitrogen and oxygen atoms in total. The first-order valence-corrected chi connectivity index (χ1v) is 7.05. The van der Waals surface area contributed by atoms with E-state index in [0.717, 1.165) is 0 Å². The third-order valence-corrected chi connectivity index (χ3v) is 4.31. The van der Waals surface area contributed by atoms with Gasteiger partial charge in [-0.3, -0.25) is 4.79 Å². The molecule has 118 valence electrons. The molecule has 1 fully saturated rings. The van der Waals surface area contributed by atoms with Gasteiger partial charge in [0.25, 0.3) is 0 Å². The predicted octanol–water partition coefficient (Wildman–Crippen LogP) is 3.11. The van der Waals surface area contributed by atoms with E-state index in [1.165, 1.54) is 0 Å². The molecule has 0 radical (unpaired) electrons. The van der Waals surface area contributed by atoms with Crippen molar-refractivity contribution in [1.82, 2.24) is 4.90 Å². The van der Waals surface area contributed by atoms with E-state index in [4.69, 9.17) is 5.11 Å². The van der Waals surface area contributed by atoms with E-state index in [-0.39, 0.29) is 19.0 Å². The maximum absolute atomic E-state index is 12.9. The summed E-state index contributed by atoms with van der Waals surface area (Å²) in [6, 6.07) is 0. The van der Waals surface area contributed by atoms with Gasteiger partial charge >= 0.3 is 12.1 Å². The largest absolute Gasteiger partial charge is 0.481 e. The van der Waals surface area contributed by atoms with Crippen molar-refractivity contribution in [3.63, 3.8) is 0 Å². The molecule has 1 aliphatic rings. The van der Waals surface area contributed by atoms with Crippen LogP contribution in [0.5, 0.6) is 0 Å². The summed E-state index contributed by atoms with van der Waals surface area (Å²) in [6.45, 7) is 8.54. The Labute approximate surface area is 118 Å². The van der Waals surface area contributed by atoms with Gasteiger partial charge in [0, 0.05) is 19.6 Å². The van der Waals surface area contributed by atoms with Gasteiger partial charge in [0.1, 0.15) is 0 Å². The molecule has 0 amide bonds. The summed E-state index contributed by atoms with van der Waals surface area (Å²) in [7, 11) is 0. The van der Waals surface area contributed by atoms with E-state index in [2.05, 4.69) is 27.7 Å². The monoisotopic (exact) mass is 295 g/mol. The number of rotatable bonds is 5. The minimum absolute atomic E-state index is 0.00451. The average Bonchev–Trinajstić information content (AvgIpc) is 2.68. The number of likely N-dealkylation sites (tertiary alicyclic amines) is 1. The number of carboxylic acids is 1. The van der Waals surface area contributed by atoms with Crippen molar-refractivity contribution in [2.45, 2.75) is 33.9 Å². The van der Waals surface area contributed by atoms with Crippen LogP contribution in [0.1, 0.15) is 27.7 Å². The first-order chi connectivity index (χ1) is 9.04. The standard InChI is InChI=1S/C14H24F3NO2/c1-8(2)10(9(3)4)5-18-6-11(13(19)20)12(7-18)14(15,16)17/h8-12H,5-7H2,1-4H3,(H,19,20)/t11-,12-/m1/s1. The van der Waals surface area contributed by atoms with E-state index in [1.807, 2.05) is 0 Å². The van der Waals surface area contributed by atoms with Crippen LogP contribution in [0.3, 0.4) is 0 Å². The summed E-state index contributed by atoms with van der Waals surface area (Å²) >= 11 is 0. The summed E-state index contributed by atoms with van der Waals surface area (Å²) in [5, 5.41) is 8.99. The van der Waals surface area contributed by atoms with E-state index in [0.29, 0.717) is 18.4 Å². The lowest BCUT2D eigenvalue weighted by Gasteiger charge is -2.29. The van der Waals surface area contributed by atoms with Crippen LogP contribution in [0.2, 0.25) is 0 Å². The Balaban J connectivity index is 2.78. The lowest BCUT2D eigenvalue weighted by molar-refractivity contribution is -0.188. The van der Waals surface area contributed by atoms with Gasteiger partial charge in [-0.05, 0) is 17.8 Å². The second-order valence-corrected chi connectivity index (χ2v) is 6.46. The summed E-state index contributed by atoms with van der Waals surface area (Å²) in [6.07, 6.45) is -4.44. The van der Waals surface area contributed by atoms with Crippen LogP contribution in [-0.4, -0.2) is 41.8 Å². The Hall–Kier alpha value is -0.780. The fourth-order valence-corrected chi connectivity index (χ4v) is 3.11. The molecular weight excluding hydrogens is 271 g/mol. The normalized spacial score (nSPS) is 25.1. The number of aliphatic carboxylic acids is 1. The molecule has 0 aromatic rings. The van der Waals surface area contributed by atoms with E-state index < -0.39 is 24.0 Å². The predicted molar refractivity (Wildman–Crippen MR) is 70.3 cm³/mol. The quantitative estimate of drug-likeness (QED) is 0.847. The number of hydrogen-bond acceptors (Lipinski definition) is 2. The van der Waals surface area contributed by atoms with Crippen molar-refractivity contribution in [2.75, 3.05) is 19.6 Å². The zero-order valence-electron chi connectivity index (χ0n) is 12.4. The fraction of sp³-hybridized carbons (Fsp3) is 0.929. The molecule has 0 bridgehead atoms. The van der Waals surface area contributed by atoms with Crippen molar-refractivity contribution >= 4 is 5.97 Å². The van der Waals surface area contributed by atoms with E-state index in [9.17, 15) is 18.0 Å². The maximum atomic E-state index is 12.9. The Bertz CT molecular complexity index is 334. The molecule has 2 atom stereocenters. The van der Waals surface area contributed by atoms with Crippen molar-refractivity contribution in [3.05, 3.63) is 0 Å². The summed E-state index contributed by atoms with van der Waals surface area (Å²) in [5.41, 5.74) is 0. The minimum atomic E-state index is -4.44. The lowest BCUT2D eigenvalue weighted by Crippen LogP contribution is -2.34. The molecule has 0 aliphatic carbocycles. The zero-order valence-corrected chi connectivity index (χ0v) is 12.4. The van der Waals surface area contributed by atoms with Crippen molar-refractivity contribution in [2.24, 2.45) is 29.6 Å². The second-order valence-electron chi connectivity index (χ2n) is 6.46. The number of carboxylic acid groups (broad SMARTS) is 1. The Kier molecular flexibility index (Phi) is 5.46. The van der Waals surface area contributed by atoms with Gasteiger partial charge in [0.15, 0.2) is 0 Å². The SMILES string of the molecule is CC(C)C(CN1C[C@@H](C(F)(F)F)[C@H](C(=O)O)C1)C(C)C. The Morgan fingerprint density at radius 1 is 1.20 bits per heavy atom. The smallest absolute Gasteiger partial charge is 0.393 e. The first kappa shape index (κ1) is 17.3. The van der Waals surface area contributed by atoms with Crippen LogP contribution in [0.4, 0.5) is 13.2 Å². The van der Waals surface area contributed by atoms with Gasteiger partial charge in [-0.2, -0.15) is 13.2 Å². The second kappa shape index (κ2) is 6.33. The molecule has 0 saturated carbocycles. The maximum Gasteiger partial charge on any atom is 0.393 e. The molecule has 1 saturated heterocycles. The number of halogens is 3. The highest BCUT2D eigenvalue weighted by Gasteiger charge is 2.52. The van der Waals surface area contributed by atoms with Crippen LogP contribution in [0.15, 0.2) is 0 Å². The number of carbonyl (C=O) groups is 1. The molecule has 1 heterocycles. The number of nitrogens with zero attached hydrogens (tertiary/aromatic N) is 1. The fourth-order valence-electron chi connectivity index (χ4n) is 3.11. The Morgan fingerprint density at radius 3 is 2.00 bits per heavy atom. The summed E-state index contributed by atoms with van der Waals surface area (Å²) < 4.78 is 38.7. The van der Waals surface area contributed by atoms with Crippen molar-refractivity contribution < 1.29 is 23.1 Å². The van der Waals surface area contributed by atoms with Gasteiger partial charge < -0.3 is 10.0 Å². The van der Waals surface area contributed by atoms with Gasteiger partial charge in [-0.15, -0.1) is 0 Å². The lowest BCUT2D eigenvalue weighted by atomic mass is 9.85. The van der Waals surface area contributed by atoms with E-state index in [1.54, 1.807) is 4.90 Å². The molecule has 20 heavy (non-hydrogen) atoms. The Morgan fingerprint density at radius 2 is 1.70 bits per heavy atom. The summed E-state index contributed by atoms with van der Waals surface area (Å²) in [5.74, 6) is -3.43. The number of alkyl halides is 3. The third kappa shape index (κ3) is 4.11. The molecule has 1 rings (SSSR count). The molecule has 0 aromatic heterocycles. The molecule has 6 heteroatoms. The van der Waals surface area contributed by atoms with Gasteiger partial charge in [0.05, 0.1) is 11.8 Å². The zero-order chi connectivity index (χ0) is 15.7. The third-order valence-electron chi connectivity index (χ3n) is 4.31. The van der Waals surface area contributed by atoms with Crippen LogP contribution in [-0.2, 0) is 4.79 Å². The van der Waals surface area contributed by atoms with Crippen LogP contribution in [0.25, 0.3) is 0 Å². The summed E-state index contributed by atoms with van der Waals surface area (Å²) in [4.78, 5) is 12.7. The molecule has 0 aromatic carbocycles. The van der Waals surface area contributed by atoms with Gasteiger partial charge in [-0.1, -0.05) is 27.7 Å². The average molecular weight is 295 g/mol.